The average Bonchev–Trinajstić information content (AvgIpc) is 2.97. The van der Waals surface area contributed by atoms with Gasteiger partial charge in [0.2, 0.25) is 15.9 Å². The lowest BCUT2D eigenvalue weighted by atomic mass is 9.84. The van der Waals surface area contributed by atoms with E-state index in [2.05, 4.69) is 16.0 Å². The molecule has 0 saturated carbocycles. The number of methoxy groups -OCH3 is 1. The summed E-state index contributed by atoms with van der Waals surface area (Å²) in [5.74, 6) is -2.69. The molecule has 4 unspecified atom stereocenters. The Morgan fingerprint density at radius 3 is 2.42 bits per heavy atom. The van der Waals surface area contributed by atoms with E-state index in [9.17, 15) is 22.4 Å². The molecular formula is C32H37ClF2N4O5S. The highest BCUT2D eigenvalue weighted by atomic mass is 35.5. The maximum absolute atomic E-state index is 15.2. The van der Waals surface area contributed by atoms with Crippen molar-refractivity contribution in [2.75, 3.05) is 31.8 Å². The lowest BCUT2D eigenvalue weighted by molar-refractivity contribution is -0.118. The highest BCUT2D eigenvalue weighted by Gasteiger charge is 2.35. The van der Waals surface area contributed by atoms with Gasteiger partial charge in [-0.15, -0.1) is 0 Å². The zero-order chi connectivity index (χ0) is 32.7. The van der Waals surface area contributed by atoms with Gasteiger partial charge >= 0.3 is 6.09 Å². The van der Waals surface area contributed by atoms with Gasteiger partial charge in [0.05, 0.1) is 13.4 Å². The van der Waals surface area contributed by atoms with Crippen LogP contribution in [-0.4, -0.2) is 69.3 Å². The molecule has 0 aromatic heterocycles. The van der Waals surface area contributed by atoms with Crippen LogP contribution in [0.4, 0.5) is 19.3 Å². The van der Waals surface area contributed by atoms with Crippen LogP contribution in [-0.2, 0) is 26.0 Å². The van der Waals surface area contributed by atoms with Crippen molar-refractivity contribution < 1.29 is 31.5 Å². The predicted molar refractivity (Wildman–Crippen MR) is 170 cm³/mol. The normalized spacial score (nSPS) is 18.5. The number of piperazine rings is 1. The van der Waals surface area contributed by atoms with Gasteiger partial charge in [0.1, 0.15) is 17.7 Å². The van der Waals surface area contributed by atoms with Gasteiger partial charge in [-0.1, -0.05) is 41.9 Å². The third-order valence-corrected chi connectivity index (χ3v) is 9.49. The summed E-state index contributed by atoms with van der Waals surface area (Å²) in [6.07, 6.45) is 1.40. The number of ether oxygens (including phenoxy) is 1. The Balaban J connectivity index is 1.63. The SMILES string of the molecule is COC(=O)NC(C(=O)Nc1cccc(F)c1CCCC1CNCC(C)N1S(C)(=O)=O)C(c1cccc(F)c1)c1cccc(Cl)c1. The van der Waals surface area contributed by atoms with Crippen LogP contribution in [0.3, 0.4) is 0 Å². The highest BCUT2D eigenvalue weighted by Crippen LogP contribution is 2.32. The maximum atomic E-state index is 15.2. The lowest BCUT2D eigenvalue weighted by Crippen LogP contribution is -2.57. The number of benzene rings is 3. The number of hydrogen-bond acceptors (Lipinski definition) is 6. The molecule has 9 nitrogen and oxygen atoms in total. The molecule has 0 spiro atoms. The van der Waals surface area contributed by atoms with Crippen molar-refractivity contribution in [1.82, 2.24) is 14.9 Å². The fourth-order valence-corrected chi connectivity index (χ4v) is 7.59. The summed E-state index contributed by atoms with van der Waals surface area (Å²) in [5, 5.41) is 8.95. The minimum atomic E-state index is -3.45. The monoisotopic (exact) mass is 662 g/mol. The minimum Gasteiger partial charge on any atom is -0.453 e. The van der Waals surface area contributed by atoms with Crippen molar-refractivity contribution >= 4 is 39.3 Å². The Morgan fingerprint density at radius 2 is 1.76 bits per heavy atom. The molecule has 13 heteroatoms. The number of nitrogens with zero attached hydrogens (tertiary/aromatic N) is 1. The Kier molecular flexibility index (Phi) is 11.5. The summed E-state index contributed by atoms with van der Waals surface area (Å²) < 4.78 is 60.8. The van der Waals surface area contributed by atoms with E-state index in [0.29, 0.717) is 42.1 Å². The number of anilines is 1. The first-order valence-corrected chi connectivity index (χ1v) is 16.7. The van der Waals surface area contributed by atoms with Crippen LogP contribution >= 0.6 is 11.6 Å². The number of carbonyl (C=O) groups is 2. The quantitative estimate of drug-likeness (QED) is 0.264. The summed E-state index contributed by atoms with van der Waals surface area (Å²) in [4.78, 5) is 26.5. The molecule has 45 heavy (non-hydrogen) atoms. The van der Waals surface area contributed by atoms with Gasteiger partial charge in [-0.25, -0.2) is 22.0 Å². The first kappa shape index (κ1) is 34.3. The number of hydrogen-bond donors (Lipinski definition) is 3. The smallest absolute Gasteiger partial charge is 0.407 e. The molecule has 1 aliphatic rings. The van der Waals surface area contributed by atoms with Crippen molar-refractivity contribution in [3.8, 4) is 0 Å². The van der Waals surface area contributed by atoms with Gasteiger partial charge in [0.25, 0.3) is 0 Å². The van der Waals surface area contributed by atoms with Crippen molar-refractivity contribution in [2.45, 2.75) is 50.2 Å². The molecule has 1 fully saturated rings. The fourth-order valence-electron chi connectivity index (χ4n) is 5.94. The van der Waals surface area contributed by atoms with E-state index in [1.165, 1.54) is 40.9 Å². The Bertz CT molecular complexity index is 1580. The third kappa shape index (κ3) is 8.78. The number of halogens is 3. The number of alkyl carbamates (subject to hydrolysis) is 1. The van der Waals surface area contributed by atoms with Crippen molar-refractivity contribution in [2.24, 2.45) is 0 Å². The van der Waals surface area contributed by atoms with Crippen molar-refractivity contribution in [3.05, 3.63) is 100 Å². The van der Waals surface area contributed by atoms with Gasteiger partial charge < -0.3 is 20.7 Å². The topological polar surface area (TPSA) is 117 Å². The van der Waals surface area contributed by atoms with Gasteiger partial charge in [0, 0.05) is 47.4 Å². The van der Waals surface area contributed by atoms with E-state index in [1.54, 1.807) is 36.4 Å². The molecule has 0 radical (unpaired) electrons. The van der Waals surface area contributed by atoms with Crippen LogP contribution < -0.4 is 16.0 Å². The molecule has 1 aliphatic heterocycles. The molecule has 4 atom stereocenters. The lowest BCUT2D eigenvalue weighted by Gasteiger charge is -2.39. The van der Waals surface area contributed by atoms with Gasteiger partial charge in [0.15, 0.2) is 0 Å². The molecule has 2 amide bonds. The summed E-state index contributed by atoms with van der Waals surface area (Å²) in [5.41, 5.74) is 1.33. The predicted octanol–water partition coefficient (Wildman–Crippen LogP) is 5.06. The van der Waals surface area contributed by atoms with E-state index in [1.807, 2.05) is 6.92 Å². The molecule has 0 bridgehead atoms. The summed E-state index contributed by atoms with van der Waals surface area (Å²) in [6, 6.07) is 14.7. The summed E-state index contributed by atoms with van der Waals surface area (Å²) >= 11 is 6.27. The standard InChI is InChI=1S/C32H37ClF2N4O5S/c1-20-18-36-19-25(39(20)45(3,42)43)12-6-13-26-27(35)14-7-15-28(26)37-31(40)30(38-32(41)44-2)29(21-8-4-10-23(33)16-21)22-9-5-11-24(34)17-22/h4-5,7-11,14-17,20,25,29-30,36H,6,12-13,18-19H2,1-3H3,(H,37,40)(H,38,41). The Morgan fingerprint density at radius 1 is 1.07 bits per heavy atom. The summed E-state index contributed by atoms with van der Waals surface area (Å²) in [6.45, 7) is 2.85. The number of sulfonamides is 1. The molecular weight excluding hydrogens is 626 g/mol. The molecule has 4 rings (SSSR count). The second-order valence-corrected chi connectivity index (χ2v) is 13.4. The molecule has 1 heterocycles. The molecule has 1 saturated heterocycles. The zero-order valence-corrected chi connectivity index (χ0v) is 26.8. The number of nitrogens with one attached hydrogen (secondary N) is 3. The van der Waals surface area contributed by atoms with Crippen LogP contribution in [0.5, 0.6) is 0 Å². The average molecular weight is 663 g/mol. The first-order chi connectivity index (χ1) is 21.4. The van der Waals surface area contributed by atoms with Crippen molar-refractivity contribution in [3.63, 3.8) is 0 Å². The second kappa shape index (κ2) is 15.1. The molecule has 242 valence electrons. The van der Waals surface area contributed by atoms with E-state index in [0.717, 1.165) is 7.11 Å². The third-order valence-electron chi connectivity index (χ3n) is 7.83. The minimum absolute atomic E-state index is 0.191. The largest absolute Gasteiger partial charge is 0.453 e. The molecule has 3 aromatic rings. The van der Waals surface area contributed by atoms with Crippen LogP contribution in [0, 0.1) is 11.6 Å². The van der Waals surface area contributed by atoms with Gasteiger partial charge in [-0.2, -0.15) is 4.31 Å². The zero-order valence-electron chi connectivity index (χ0n) is 25.2. The number of amides is 2. The Hall–Kier alpha value is -3.58. The van der Waals surface area contributed by atoms with E-state index in [-0.39, 0.29) is 29.8 Å². The number of rotatable bonds is 11. The van der Waals surface area contributed by atoms with Crippen LogP contribution in [0.1, 0.15) is 42.4 Å². The molecule has 0 aliphatic carbocycles. The Labute approximate surface area is 267 Å². The summed E-state index contributed by atoms with van der Waals surface area (Å²) in [7, 11) is -2.30. The van der Waals surface area contributed by atoms with Crippen molar-refractivity contribution in [1.29, 1.82) is 0 Å². The van der Waals surface area contributed by atoms with Crippen LogP contribution in [0.25, 0.3) is 0 Å². The van der Waals surface area contributed by atoms with Gasteiger partial charge in [-0.3, -0.25) is 4.79 Å². The molecule has 3 aromatic carbocycles. The first-order valence-electron chi connectivity index (χ1n) is 14.5. The number of carbonyl (C=O) groups excluding carboxylic acids is 2. The van der Waals surface area contributed by atoms with E-state index >= 15 is 4.39 Å². The fraction of sp³-hybridized carbons (Fsp3) is 0.375. The van der Waals surface area contributed by atoms with Gasteiger partial charge in [-0.05, 0) is 73.7 Å². The second-order valence-electron chi connectivity index (χ2n) is 11.1. The highest BCUT2D eigenvalue weighted by molar-refractivity contribution is 7.88. The van der Waals surface area contributed by atoms with Crippen LogP contribution in [0.15, 0.2) is 66.7 Å². The molecule has 3 N–H and O–H groups in total. The van der Waals surface area contributed by atoms with Crippen LogP contribution in [0.2, 0.25) is 5.02 Å². The van der Waals surface area contributed by atoms with E-state index in [4.69, 9.17) is 16.3 Å². The van der Waals surface area contributed by atoms with E-state index < -0.39 is 45.6 Å². The maximum Gasteiger partial charge on any atom is 0.407 e.